The molecule has 3 rings (SSSR count). The Balaban J connectivity index is 2.32. The zero-order valence-corrected chi connectivity index (χ0v) is 10.6. The van der Waals surface area contributed by atoms with E-state index < -0.39 is 0 Å². The molecular weight excluding hydrogens is 266 g/mol. The highest BCUT2D eigenvalue weighted by Gasteiger charge is 2.28. The van der Waals surface area contributed by atoms with E-state index in [-0.39, 0.29) is 5.78 Å². The van der Waals surface area contributed by atoms with Gasteiger partial charge in [-0.25, -0.2) is 0 Å². The maximum absolute atomic E-state index is 11.6. The molecule has 16 heavy (non-hydrogen) atoms. The van der Waals surface area contributed by atoms with E-state index in [1.807, 2.05) is 12.1 Å². The third-order valence-electron chi connectivity index (χ3n) is 3.07. The van der Waals surface area contributed by atoms with Crippen molar-refractivity contribution in [2.45, 2.75) is 25.8 Å². The Morgan fingerprint density at radius 2 is 2.12 bits per heavy atom. The van der Waals surface area contributed by atoms with Crippen LogP contribution in [0.1, 0.15) is 36.3 Å². The molecular formula is C13H12BrNO. The lowest BCUT2D eigenvalue weighted by atomic mass is 10.2. The average Bonchev–Trinajstić information content (AvgIpc) is 2.99. The van der Waals surface area contributed by atoms with Gasteiger partial charge in [-0.3, -0.25) is 4.79 Å². The minimum absolute atomic E-state index is 0.152. The van der Waals surface area contributed by atoms with Crippen molar-refractivity contribution in [3.63, 3.8) is 0 Å². The van der Waals surface area contributed by atoms with E-state index in [4.69, 9.17) is 0 Å². The van der Waals surface area contributed by atoms with Crippen molar-refractivity contribution in [2.75, 3.05) is 0 Å². The van der Waals surface area contributed by atoms with Crippen LogP contribution in [0, 0.1) is 0 Å². The van der Waals surface area contributed by atoms with Gasteiger partial charge in [0.25, 0.3) is 0 Å². The number of Topliss-reactive ketones (excluding diaryl/α,β-unsaturated/α-hetero) is 1. The average molecular weight is 278 g/mol. The first-order valence-corrected chi connectivity index (χ1v) is 6.27. The van der Waals surface area contributed by atoms with Crippen LogP contribution < -0.4 is 0 Å². The standard InChI is InChI=1S/C13H12BrNO/c1-8(16)13-7-9-6-10(14)2-5-12(9)15(13)11-3-4-11/h2,5-7,11H,3-4H2,1H3. The van der Waals surface area contributed by atoms with E-state index in [0.717, 1.165) is 15.6 Å². The first kappa shape index (κ1) is 10.1. The quantitative estimate of drug-likeness (QED) is 0.762. The molecule has 1 fully saturated rings. The zero-order chi connectivity index (χ0) is 11.3. The van der Waals surface area contributed by atoms with Crippen molar-refractivity contribution in [3.8, 4) is 0 Å². The van der Waals surface area contributed by atoms with Crippen LogP contribution in [0.2, 0.25) is 0 Å². The minimum Gasteiger partial charge on any atom is -0.335 e. The summed E-state index contributed by atoms with van der Waals surface area (Å²) in [4.78, 5) is 11.6. The number of aromatic nitrogens is 1. The van der Waals surface area contributed by atoms with Gasteiger partial charge in [-0.1, -0.05) is 15.9 Å². The molecule has 1 aliphatic carbocycles. The molecule has 1 aromatic heterocycles. The molecule has 2 nitrogen and oxygen atoms in total. The van der Waals surface area contributed by atoms with Crippen LogP contribution >= 0.6 is 15.9 Å². The summed E-state index contributed by atoms with van der Waals surface area (Å²) in [6.45, 7) is 1.64. The lowest BCUT2D eigenvalue weighted by Gasteiger charge is -2.06. The van der Waals surface area contributed by atoms with Gasteiger partial charge < -0.3 is 4.57 Å². The molecule has 1 saturated carbocycles. The summed E-state index contributed by atoms with van der Waals surface area (Å²) in [6, 6.07) is 8.73. The van der Waals surface area contributed by atoms with Crippen molar-refractivity contribution in [1.29, 1.82) is 0 Å². The van der Waals surface area contributed by atoms with Crippen LogP contribution in [-0.4, -0.2) is 10.4 Å². The molecule has 0 aliphatic heterocycles. The second-order valence-corrected chi connectivity index (χ2v) is 5.31. The lowest BCUT2D eigenvalue weighted by molar-refractivity contribution is 0.100. The Morgan fingerprint density at radius 1 is 1.38 bits per heavy atom. The van der Waals surface area contributed by atoms with Crippen LogP contribution in [0.15, 0.2) is 28.7 Å². The van der Waals surface area contributed by atoms with Gasteiger partial charge in [0.15, 0.2) is 5.78 Å². The van der Waals surface area contributed by atoms with Gasteiger partial charge >= 0.3 is 0 Å². The summed E-state index contributed by atoms with van der Waals surface area (Å²) in [5, 5.41) is 1.14. The van der Waals surface area contributed by atoms with Crippen molar-refractivity contribution >= 4 is 32.6 Å². The summed E-state index contributed by atoms with van der Waals surface area (Å²) in [5.41, 5.74) is 2.02. The highest BCUT2D eigenvalue weighted by atomic mass is 79.9. The van der Waals surface area contributed by atoms with Gasteiger partial charge in [0.2, 0.25) is 0 Å². The predicted octanol–water partition coefficient (Wildman–Crippen LogP) is 3.94. The normalized spacial score (nSPS) is 15.6. The van der Waals surface area contributed by atoms with Crippen LogP contribution in [-0.2, 0) is 0 Å². The number of fused-ring (bicyclic) bond motifs is 1. The van der Waals surface area contributed by atoms with Crippen LogP contribution in [0.4, 0.5) is 0 Å². The number of halogens is 1. The van der Waals surface area contributed by atoms with E-state index in [1.54, 1.807) is 6.92 Å². The monoisotopic (exact) mass is 277 g/mol. The summed E-state index contributed by atoms with van der Waals surface area (Å²) in [5.74, 6) is 0.152. The van der Waals surface area contributed by atoms with Crippen LogP contribution in [0.25, 0.3) is 10.9 Å². The smallest absolute Gasteiger partial charge is 0.176 e. The van der Waals surface area contributed by atoms with Gasteiger partial charge in [-0.2, -0.15) is 0 Å². The van der Waals surface area contributed by atoms with Gasteiger partial charge in [0.05, 0.1) is 5.69 Å². The molecule has 0 bridgehead atoms. The van der Waals surface area contributed by atoms with E-state index in [1.165, 1.54) is 18.4 Å². The summed E-state index contributed by atoms with van der Waals surface area (Å²) in [7, 11) is 0. The van der Waals surface area contributed by atoms with Crippen molar-refractivity contribution in [1.82, 2.24) is 4.57 Å². The molecule has 0 N–H and O–H groups in total. The number of benzene rings is 1. The highest BCUT2D eigenvalue weighted by molar-refractivity contribution is 9.10. The van der Waals surface area contributed by atoms with Crippen molar-refractivity contribution in [2.24, 2.45) is 0 Å². The number of hydrogen-bond donors (Lipinski definition) is 0. The molecule has 0 spiro atoms. The van der Waals surface area contributed by atoms with Gasteiger partial charge in [-0.05, 0) is 37.1 Å². The molecule has 1 aliphatic rings. The van der Waals surface area contributed by atoms with Crippen molar-refractivity contribution in [3.05, 3.63) is 34.4 Å². The highest BCUT2D eigenvalue weighted by Crippen LogP contribution is 2.40. The van der Waals surface area contributed by atoms with Crippen LogP contribution in [0.3, 0.4) is 0 Å². The summed E-state index contributed by atoms with van der Waals surface area (Å²) >= 11 is 3.46. The first-order valence-electron chi connectivity index (χ1n) is 5.48. The Kier molecular flexibility index (Phi) is 2.18. The molecule has 2 aromatic rings. The number of carbonyl (C=O) groups excluding carboxylic acids is 1. The van der Waals surface area contributed by atoms with Gasteiger partial charge in [0, 0.05) is 28.3 Å². The fourth-order valence-electron chi connectivity index (χ4n) is 2.20. The van der Waals surface area contributed by atoms with Gasteiger partial charge in [-0.15, -0.1) is 0 Å². The number of nitrogens with zero attached hydrogens (tertiary/aromatic N) is 1. The maximum Gasteiger partial charge on any atom is 0.176 e. The van der Waals surface area contributed by atoms with E-state index in [2.05, 4.69) is 32.6 Å². The Hall–Kier alpha value is -1.09. The number of hydrogen-bond acceptors (Lipinski definition) is 1. The third kappa shape index (κ3) is 1.50. The van der Waals surface area contributed by atoms with Crippen molar-refractivity contribution < 1.29 is 4.79 Å². The minimum atomic E-state index is 0.152. The van der Waals surface area contributed by atoms with Crippen LogP contribution in [0.5, 0.6) is 0 Å². The molecule has 82 valence electrons. The molecule has 3 heteroatoms. The zero-order valence-electron chi connectivity index (χ0n) is 9.03. The Labute approximate surface area is 102 Å². The SMILES string of the molecule is CC(=O)c1cc2cc(Br)ccc2n1C1CC1. The summed E-state index contributed by atoms with van der Waals surface area (Å²) in [6.07, 6.45) is 2.39. The molecule has 1 aromatic carbocycles. The third-order valence-corrected chi connectivity index (χ3v) is 3.57. The largest absolute Gasteiger partial charge is 0.335 e. The molecule has 0 amide bonds. The fraction of sp³-hybridized carbons (Fsp3) is 0.308. The number of carbonyl (C=O) groups is 1. The second-order valence-electron chi connectivity index (χ2n) is 4.39. The number of ketones is 1. The van der Waals surface area contributed by atoms with E-state index in [0.29, 0.717) is 6.04 Å². The molecule has 0 atom stereocenters. The molecule has 1 heterocycles. The Bertz CT molecular complexity index is 581. The molecule has 0 radical (unpaired) electrons. The van der Waals surface area contributed by atoms with E-state index in [9.17, 15) is 4.79 Å². The first-order chi connectivity index (χ1) is 7.66. The Morgan fingerprint density at radius 3 is 2.75 bits per heavy atom. The van der Waals surface area contributed by atoms with Gasteiger partial charge in [0.1, 0.15) is 0 Å². The number of rotatable bonds is 2. The summed E-state index contributed by atoms with van der Waals surface area (Å²) < 4.78 is 3.26. The fourth-order valence-corrected chi connectivity index (χ4v) is 2.58. The topological polar surface area (TPSA) is 22.0 Å². The van der Waals surface area contributed by atoms with E-state index >= 15 is 0 Å². The second kappa shape index (κ2) is 3.45. The molecule has 0 unspecified atom stereocenters. The lowest BCUT2D eigenvalue weighted by Crippen LogP contribution is -2.04. The predicted molar refractivity (Wildman–Crippen MR) is 67.9 cm³/mol. The molecule has 0 saturated heterocycles. The maximum atomic E-state index is 11.6.